The third-order valence-corrected chi connectivity index (χ3v) is 2.51. The summed E-state index contributed by atoms with van der Waals surface area (Å²) in [4.78, 5) is 0. The lowest BCUT2D eigenvalue weighted by Gasteiger charge is -2.16. The fourth-order valence-corrected chi connectivity index (χ4v) is 1.70. The second-order valence-electron chi connectivity index (χ2n) is 3.91. The molecule has 0 radical (unpaired) electrons. The maximum atomic E-state index is 7.67. The van der Waals surface area contributed by atoms with E-state index in [-0.39, 0.29) is 0 Å². The summed E-state index contributed by atoms with van der Waals surface area (Å²) in [5, 5.41) is 7.67. The van der Waals surface area contributed by atoms with E-state index in [0.717, 1.165) is 18.1 Å². The zero-order valence-corrected chi connectivity index (χ0v) is 8.98. The smallest absolute Gasteiger partial charge is 0.0115 e. The molecule has 1 nitrogen and oxygen atoms in total. The molecule has 0 rings (SSSR count). The number of rotatable bonds is 6. The van der Waals surface area contributed by atoms with Crippen molar-refractivity contribution in [2.75, 3.05) is 0 Å². The Hall–Kier alpha value is -0.330. The highest BCUT2D eigenvalue weighted by Gasteiger charge is 2.10. The van der Waals surface area contributed by atoms with Gasteiger partial charge in [0.25, 0.3) is 0 Å². The third kappa shape index (κ3) is 4.53. The van der Waals surface area contributed by atoms with Crippen molar-refractivity contribution in [3.8, 4) is 0 Å². The second-order valence-corrected chi connectivity index (χ2v) is 3.91. The SMILES string of the molecule is CCCC(C)CC(C)C(=N)CC. The maximum absolute atomic E-state index is 7.67. The molecule has 2 atom stereocenters. The zero-order valence-electron chi connectivity index (χ0n) is 8.98. The van der Waals surface area contributed by atoms with Crippen LogP contribution in [0.3, 0.4) is 0 Å². The number of hydrogen-bond acceptors (Lipinski definition) is 1. The third-order valence-electron chi connectivity index (χ3n) is 2.51. The van der Waals surface area contributed by atoms with Crippen LogP contribution in [0, 0.1) is 17.2 Å². The molecule has 0 heterocycles. The minimum atomic E-state index is 0.497. The van der Waals surface area contributed by atoms with E-state index in [1.54, 1.807) is 0 Å². The van der Waals surface area contributed by atoms with E-state index < -0.39 is 0 Å². The molecule has 0 saturated heterocycles. The van der Waals surface area contributed by atoms with Crippen molar-refractivity contribution >= 4 is 5.71 Å². The van der Waals surface area contributed by atoms with Gasteiger partial charge in [-0.3, -0.25) is 0 Å². The van der Waals surface area contributed by atoms with E-state index in [4.69, 9.17) is 5.41 Å². The van der Waals surface area contributed by atoms with E-state index in [9.17, 15) is 0 Å². The second kappa shape index (κ2) is 6.22. The largest absolute Gasteiger partial charge is 0.309 e. The Balaban J connectivity index is 3.67. The van der Waals surface area contributed by atoms with E-state index >= 15 is 0 Å². The number of hydrogen-bond donors (Lipinski definition) is 1. The van der Waals surface area contributed by atoms with Crippen LogP contribution in [0.1, 0.15) is 53.4 Å². The summed E-state index contributed by atoms with van der Waals surface area (Å²) in [6.45, 7) is 8.77. The van der Waals surface area contributed by atoms with Crippen LogP contribution in [0.4, 0.5) is 0 Å². The van der Waals surface area contributed by atoms with Gasteiger partial charge in [0.15, 0.2) is 0 Å². The highest BCUT2D eigenvalue weighted by atomic mass is 14.4. The first-order chi connectivity index (χ1) is 5.61. The molecule has 2 unspecified atom stereocenters. The van der Waals surface area contributed by atoms with Crippen molar-refractivity contribution < 1.29 is 0 Å². The van der Waals surface area contributed by atoms with Crippen molar-refractivity contribution in [1.82, 2.24) is 0 Å². The van der Waals surface area contributed by atoms with Crippen molar-refractivity contribution in [3.63, 3.8) is 0 Å². The molecule has 0 aromatic carbocycles. The van der Waals surface area contributed by atoms with Gasteiger partial charge in [0.1, 0.15) is 0 Å². The topological polar surface area (TPSA) is 23.9 Å². The molecule has 72 valence electrons. The summed E-state index contributed by atoms with van der Waals surface area (Å²) in [5.41, 5.74) is 0.915. The standard InChI is InChI=1S/C11H23N/c1-5-7-9(3)8-10(4)11(12)6-2/h9-10,12H,5-8H2,1-4H3. The van der Waals surface area contributed by atoms with Gasteiger partial charge in [0.2, 0.25) is 0 Å². The minimum Gasteiger partial charge on any atom is -0.309 e. The monoisotopic (exact) mass is 169 g/mol. The van der Waals surface area contributed by atoms with E-state index in [1.165, 1.54) is 19.3 Å². The van der Waals surface area contributed by atoms with Gasteiger partial charge in [-0.1, -0.05) is 40.5 Å². The predicted molar refractivity (Wildman–Crippen MR) is 55.9 cm³/mol. The van der Waals surface area contributed by atoms with Gasteiger partial charge in [0, 0.05) is 5.71 Å². The molecular formula is C11H23N. The van der Waals surface area contributed by atoms with E-state index in [1.807, 2.05) is 0 Å². The molecule has 0 fully saturated rings. The highest BCUT2D eigenvalue weighted by Crippen LogP contribution is 2.18. The van der Waals surface area contributed by atoms with E-state index in [2.05, 4.69) is 27.7 Å². The van der Waals surface area contributed by atoms with Crippen LogP contribution in [0.15, 0.2) is 0 Å². The van der Waals surface area contributed by atoms with Gasteiger partial charge in [-0.2, -0.15) is 0 Å². The van der Waals surface area contributed by atoms with Crippen LogP contribution in [0.5, 0.6) is 0 Å². The molecule has 12 heavy (non-hydrogen) atoms. The van der Waals surface area contributed by atoms with Gasteiger partial charge in [0.05, 0.1) is 0 Å². The molecule has 0 bridgehead atoms. The Kier molecular flexibility index (Phi) is 6.04. The van der Waals surface area contributed by atoms with Crippen LogP contribution < -0.4 is 0 Å². The zero-order chi connectivity index (χ0) is 9.56. The summed E-state index contributed by atoms with van der Waals surface area (Å²) >= 11 is 0. The summed E-state index contributed by atoms with van der Waals surface area (Å²) in [7, 11) is 0. The Morgan fingerprint density at radius 1 is 1.25 bits per heavy atom. The summed E-state index contributed by atoms with van der Waals surface area (Å²) in [6, 6.07) is 0. The lowest BCUT2D eigenvalue weighted by Crippen LogP contribution is -2.12. The Morgan fingerprint density at radius 3 is 2.25 bits per heavy atom. The number of nitrogens with one attached hydrogen (secondary N) is 1. The quantitative estimate of drug-likeness (QED) is 0.583. The highest BCUT2D eigenvalue weighted by molar-refractivity contribution is 5.83. The average Bonchev–Trinajstić information content (AvgIpc) is 2.03. The predicted octanol–water partition coefficient (Wildman–Crippen LogP) is 3.88. The first-order valence-corrected chi connectivity index (χ1v) is 5.19. The van der Waals surface area contributed by atoms with Crippen LogP contribution >= 0.6 is 0 Å². The van der Waals surface area contributed by atoms with Crippen LogP contribution in [0.2, 0.25) is 0 Å². The molecule has 0 spiro atoms. The van der Waals surface area contributed by atoms with Crippen molar-refractivity contribution in [2.24, 2.45) is 11.8 Å². The lowest BCUT2D eigenvalue weighted by atomic mass is 9.90. The van der Waals surface area contributed by atoms with Crippen LogP contribution in [0.25, 0.3) is 0 Å². The van der Waals surface area contributed by atoms with Crippen molar-refractivity contribution in [3.05, 3.63) is 0 Å². The van der Waals surface area contributed by atoms with Gasteiger partial charge in [-0.25, -0.2) is 0 Å². The minimum absolute atomic E-state index is 0.497. The Labute approximate surface area is 77.1 Å². The normalized spacial score (nSPS) is 15.7. The molecule has 0 amide bonds. The summed E-state index contributed by atoms with van der Waals surface area (Å²) in [5.74, 6) is 1.29. The lowest BCUT2D eigenvalue weighted by molar-refractivity contribution is 0.443. The molecule has 1 heteroatoms. The average molecular weight is 169 g/mol. The Bertz CT molecular complexity index is 129. The van der Waals surface area contributed by atoms with Crippen LogP contribution in [-0.2, 0) is 0 Å². The van der Waals surface area contributed by atoms with Gasteiger partial charge >= 0.3 is 0 Å². The van der Waals surface area contributed by atoms with Gasteiger partial charge in [-0.05, 0) is 24.7 Å². The first-order valence-electron chi connectivity index (χ1n) is 5.19. The molecule has 0 aromatic heterocycles. The van der Waals surface area contributed by atoms with Crippen molar-refractivity contribution in [1.29, 1.82) is 5.41 Å². The molecule has 0 aliphatic rings. The molecule has 0 aliphatic heterocycles. The summed E-state index contributed by atoms with van der Waals surface area (Å²) in [6.07, 6.45) is 4.69. The molecule has 0 aromatic rings. The molecule has 0 aliphatic carbocycles. The first kappa shape index (κ1) is 11.7. The molecular weight excluding hydrogens is 146 g/mol. The van der Waals surface area contributed by atoms with Gasteiger partial charge in [-0.15, -0.1) is 0 Å². The maximum Gasteiger partial charge on any atom is 0.0115 e. The fraction of sp³-hybridized carbons (Fsp3) is 0.909. The van der Waals surface area contributed by atoms with Gasteiger partial charge < -0.3 is 5.41 Å². The van der Waals surface area contributed by atoms with Crippen molar-refractivity contribution in [2.45, 2.75) is 53.4 Å². The summed E-state index contributed by atoms with van der Waals surface area (Å²) < 4.78 is 0. The molecule has 0 saturated carbocycles. The van der Waals surface area contributed by atoms with Crippen LogP contribution in [-0.4, -0.2) is 5.71 Å². The fourth-order valence-electron chi connectivity index (χ4n) is 1.70. The van der Waals surface area contributed by atoms with E-state index in [0.29, 0.717) is 5.92 Å². The Morgan fingerprint density at radius 2 is 1.83 bits per heavy atom. The molecule has 1 N–H and O–H groups in total.